The van der Waals surface area contributed by atoms with E-state index in [-0.39, 0.29) is 12.1 Å². The molecule has 0 saturated heterocycles. The third kappa shape index (κ3) is 5.40. The number of amides is 1. The zero-order valence-electron chi connectivity index (χ0n) is 8.91. The molecule has 0 radical (unpaired) electrons. The van der Waals surface area contributed by atoms with E-state index in [1.807, 2.05) is 0 Å². The molecule has 82 valence electrons. The Bertz CT molecular complexity index is 193. The molecule has 0 atom stereocenters. The Kier molecular flexibility index (Phi) is 6.53. The highest BCUT2D eigenvalue weighted by Gasteiger charge is 2.09. The van der Waals surface area contributed by atoms with E-state index >= 15 is 0 Å². The number of ether oxygens (including phenoxy) is 2. The van der Waals surface area contributed by atoms with Gasteiger partial charge in [0.25, 0.3) is 0 Å². The summed E-state index contributed by atoms with van der Waals surface area (Å²) in [5, 5.41) is 0. The molecule has 0 heterocycles. The Balaban J connectivity index is 3.58. The molecule has 0 aromatic heterocycles. The van der Waals surface area contributed by atoms with Crippen LogP contribution < -0.4 is 0 Å². The van der Waals surface area contributed by atoms with Gasteiger partial charge in [-0.25, -0.2) is 4.79 Å². The van der Waals surface area contributed by atoms with Crippen LogP contribution in [0.1, 0.15) is 19.8 Å². The summed E-state index contributed by atoms with van der Waals surface area (Å²) in [6.07, 6.45) is 0.541. The van der Waals surface area contributed by atoms with Crippen LogP contribution in [0, 0.1) is 0 Å². The molecule has 0 saturated carbocycles. The minimum absolute atomic E-state index is 0.262. The first-order valence-corrected chi connectivity index (χ1v) is 4.56. The predicted molar refractivity (Wildman–Crippen MR) is 50.9 cm³/mol. The normalized spacial score (nSPS) is 9.36. The molecule has 1 amide bonds. The van der Waals surface area contributed by atoms with Gasteiger partial charge in [0, 0.05) is 20.0 Å². The summed E-state index contributed by atoms with van der Waals surface area (Å²) in [5.74, 6) is -0.262. The van der Waals surface area contributed by atoms with Crippen molar-refractivity contribution in [3.8, 4) is 0 Å². The molecular formula is C9H17NO4. The van der Waals surface area contributed by atoms with Crippen LogP contribution in [0.2, 0.25) is 0 Å². The van der Waals surface area contributed by atoms with Gasteiger partial charge in [-0.15, -0.1) is 0 Å². The first-order valence-electron chi connectivity index (χ1n) is 4.56. The van der Waals surface area contributed by atoms with Gasteiger partial charge in [0.2, 0.25) is 0 Å². The first kappa shape index (κ1) is 12.7. The maximum atomic E-state index is 11.1. The van der Waals surface area contributed by atoms with Crippen LogP contribution >= 0.6 is 0 Å². The summed E-state index contributed by atoms with van der Waals surface area (Å²) >= 11 is 0. The van der Waals surface area contributed by atoms with E-state index in [0.29, 0.717) is 26.0 Å². The maximum Gasteiger partial charge on any atom is 0.409 e. The van der Waals surface area contributed by atoms with Crippen molar-refractivity contribution >= 4 is 12.1 Å². The molecule has 0 aromatic carbocycles. The van der Waals surface area contributed by atoms with Gasteiger partial charge < -0.3 is 14.4 Å². The molecule has 5 heteroatoms. The Morgan fingerprint density at radius 1 is 1.36 bits per heavy atom. The first-order chi connectivity index (χ1) is 6.61. The van der Waals surface area contributed by atoms with Gasteiger partial charge in [0.15, 0.2) is 0 Å². The van der Waals surface area contributed by atoms with E-state index < -0.39 is 0 Å². The molecule has 0 aliphatic carbocycles. The van der Waals surface area contributed by atoms with Crippen LogP contribution in [0.3, 0.4) is 0 Å². The molecule has 0 aliphatic rings. The summed E-state index contributed by atoms with van der Waals surface area (Å²) in [7, 11) is 2.98. The van der Waals surface area contributed by atoms with Crippen molar-refractivity contribution < 1.29 is 19.1 Å². The second kappa shape index (κ2) is 7.17. The molecule has 0 N–H and O–H groups in total. The largest absolute Gasteiger partial charge is 0.469 e. The minimum Gasteiger partial charge on any atom is -0.469 e. The fourth-order valence-corrected chi connectivity index (χ4v) is 0.888. The molecule has 5 nitrogen and oxygen atoms in total. The third-order valence-electron chi connectivity index (χ3n) is 1.68. The number of methoxy groups -OCH3 is 1. The lowest BCUT2D eigenvalue weighted by Gasteiger charge is -2.15. The highest BCUT2D eigenvalue weighted by atomic mass is 16.6. The maximum absolute atomic E-state index is 11.1. The van der Waals surface area contributed by atoms with Crippen molar-refractivity contribution in [2.24, 2.45) is 0 Å². The van der Waals surface area contributed by atoms with E-state index in [4.69, 9.17) is 4.74 Å². The predicted octanol–water partition coefficient (Wildman–Crippen LogP) is 1.03. The minimum atomic E-state index is -0.364. The lowest BCUT2D eigenvalue weighted by Crippen LogP contribution is -2.28. The van der Waals surface area contributed by atoms with Crippen LogP contribution in [0.25, 0.3) is 0 Å². The van der Waals surface area contributed by atoms with Crippen molar-refractivity contribution in [2.45, 2.75) is 19.8 Å². The molecular weight excluding hydrogens is 186 g/mol. The number of carbonyl (C=O) groups excluding carboxylic acids is 2. The monoisotopic (exact) mass is 203 g/mol. The number of hydrogen-bond donors (Lipinski definition) is 0. The van der Waals surface area contributed by atoms with Crippen molar-refractivity contribution in [1.82, 2.24) is 4.90 Å². The Morgan fingerprint density at radius 3 is 2.50 bits per heavy atom. The quantitative estimate of drug-likeness (QED) is 0.626. The lowest BCUT2D eigenvalue weighted by atomic mass is 10.3. The van der Waals surface area contributed by atoms with Crippen LogP contribution in [0.15, 0.2) is 0 Å². The molecule has 14 heavy (non-hydrogen) atoms. The number of esters is 1. The summed E-state index contributed by atoms with van der Waals surface area (Å²) in [6.45, 7) is 2.61. The van der Waals surface area contributed by atoms with Gasteiger partial charge in [-0.2, -0.15) is 0 Å². The Hall–Kier alpha value is -1.26. The summed E-state index contributed by atoms with van der Waals surface area (Å²) < 4.78 is 9.22. The van der Waals surface area contributed by atoms with E-state index in [0.717, 1.165) is 0 Å². The van der Waals surface area contributed by atoms with Crippen molar-refractivity contribution in [3.05, 3.63) is 0 Å². The van der Waals surface area contributed by atoms with Crippen LogP contribution in [0.5, 0.6) is 0 Å². The van der Waals surface area contributed by atoms with Gasteiger partial charge in [-0.3, -0.25) is 4.79 Å². The fourth-order valence-electron chi connectivity index (χ4n) is 0.888. The zero-order valence-corrected chi connectivity index (χ0v) is 8.91. The number of rotatable bonds is 5. The summed E-state index contributed by atoms with van der Waals surface area (Å²) in [5.41, 5.74) is 0. The van der Waals surface area contributed by atoms with Crippen LogP contribution in [-0.4, -0.2) is 44.3 Å². The van der Waals surface area contributed by atoms with E-state index in [2.05, 4.69) is 4.74 Å². The Labute approximate surface area is 84.0 Å². The molecule has 0 rings (SSSR count). The second-order valence-corrected chi connectivity index (χ2v) is 2.80. The molecule has 0 bridgehead atoms. The van der Waals surface area contributed by atoms with E-state index in [1.165, 1.54) is 12.0 Å². The van der Waals surface area contributed by atoms with Crippen molar-refractivity contribution in [3.63, 3.8) is 0 Å². The summed E-state index contributed by atoms with van der Waals surface area (Å²) in [6, 6.07) is 0. The van der Waals surface area contributed by atoms with E-state index in [1.54, 1.807) is 14.0 Å². The molecule has 0 unspecified atom stereocenters. The second-order valence-electron chi connectivity index (χ2n) is 2.80. The zero-order chi connectivity index (χ0) is 11.0. The fraction of sp³-hybridized carbons (Fsp3) is 0.778. The van der Waals surface area contributed by atoms with Gasteiger partial charge in [-0.1, -0.05) is 0 Å². The highest BCUT2D eigenvalue weighted by Crippen LogP contribution is 1.97. The molecule has 0 aromatic rings. The van der Waals surface area contributed by atoms with Gasteiger partial charge in [0.05, 0.1) is 13.7 Å². The van der Waals surface area contributed by atoms with Crippen LogP contribution in [-0.2, 0) is 14.3 Å². The van der Waals surface area contributed by atoms with Gasteiger partial charge in [0.1, 0.15) is 0 Å². The molecule has 0 aliphatic heterocycles. The standard InChI is InChI=1S/C9H17NO4/c1-4-14-9(12)10(2)7-5-6-8(11)13-3/h4-7H2,1-3H3. The smallest absolute Gasteiger partial charge is 0.409 e. The number of hydrogen-bond acceptors (Lipinski definition) is 4. The average Bonchev–Trinajstić information content (AvgIpc) is 2.17. The van der Waals surface area contributed by atoms with Crippen LogP contribution in [0.4, 0.5) is 4.79 Å². The Morgan fingerprint density at radius 2 is 2.00 bits per heavy atom. The van der Waals surface area contributed by atoms with Crippen molar-refractivity contribution in [1.29, 1.82) is 0 Å². The lowest BCUT2D eigenvalue weighted by molar-refractivity contribution is -0.140. The van der Waals surface area contributed by atoms with Crippen molar-refractivity contribution in [2.75, 3.05) is 27.3 Å². The topological polar surface area (TPSA) is 55.8 Å². The van der Waals surface area contributed by atoms with Gasteiger partial charge in [-0.05, 0) is 13.3 Å². The third-order valence-corrected chi connectivity index (χ3v) is 1.68. The highest BCUT2D eigenvalue weighted by molar-refractivity contribution is 5.69. The SMILES string of the molecule is CCOC(=O)N(C)CCCC(=O)OC. The number of carbonyl (C=O) groups is 2. The molecule has 0 fully saturated rings. The van der Waals surface area contributed by atoms with Gasteiger partial charge >= 0.3 is 12.1 Å². The molecule has 0 spiro atoms. The summed E-state index contributed by atoms with van der Waals surface area (Å²) in [4.78, 5) is 23.2. The average molecular weight is 203 g/mol. The number of nitrogens with zero attached hydrogens (tertiary/aromatic N) is 1. The van der Waals surface area contributed by atoms with E-state index in [9.17, 15) is 9.59 Å².